The maximum atomic E-state index is 12.9. The maximum absolute atomic E-state index is 12.9. The van der Waals surface area contributed by atoms with Gasteiger partial charge in [0.25, 0.3) is 5.91 Å². The first-order valence-electron chi connectivity index (χ1n) is 9.20. The van der Waals surface area contributed by atoms with Crippen molar-refractivity contribution < 1.29 is 9.53 Å². The van der Waals surface area contributed by atoms with Gasteiger partial charge in [0.05, 0.1) is 18.4 Å². The molecule has 3 aromatic rings. The normalized spacial score (nSPS) is 11.7. The summed E-state index contributed by atoms with van der Waals surface area (Å²) >= 11 is 7.62. The molecule has 6 heteroatoms. The van der Waals surface area contributed by atoms with E-state index in [2.05, 4.69) is 54.6 Å². The predicted octanol–water partition coefficient (Wildman–Crippen LogP) is 5.51. The molecule has 0 saturated carbocycles. The molecule has 0 radical (unpaired) electrons. The molecule has 0 aliphatic heterocycles. The number of carbonyl (C=O) groups excluding carboxylic acids is 1. The van der Waals surface area contributed by atoms with E-state index in [9.17, 15) is 4.79 Å². The van der Waals surface area contributed by atoms with Crippen LogP contribution in [0.1, 0.15) is 34.6 Å². The monoisotopic (exact) mass is 414 g/mol. The minimum atomic E-state index is -0.360. The number of thiazole rings is 1. The number of methoxy groups -OCH3 is 1. The summed E-state index contributed by atoms with van der Waals surface area (Å²) in [7, 11) is 1.53. The molecule has 3 rings (SSSR count). The molecule has 0 spiro atoms. The van der Waals surface area contributed by atoms with Crippen LogP contribution in [0.15, 0.2) is 47.5 Å². The van der Waals surface area contributed by atoms with E-state index in [0.29, 0.717) is 21.1 Å². The first-order valence-corrected chi connectivity index (χ1v) is 10.4. The minimum Gasteiger partial charge on any atom is -0.496 e. The Kier molecular flexibility index (Phi) is 6.37. The van der Waals surface area contributed by atoms with Crippen molar-refractivity contribution in [3.63, 3.8) is 0 Å². The number of nitrogens with zero attached hydrogens (tertiary/aromatic N) is 2. The van der Waals surface area contributed by atoms with Crippen LogP contribution in [-0.4, -0.2) is 17.6 Å². The lowest BCUT2D eigenvalue weighted by molar-refractivity contribution is 0.0995. The summed E-state index contributed by atoms with van der Waals surface area (Å²) in [6.45, 7) is 6.98. The lowest BCUT2D eigenvalue weighted by atomic mass is 10.1. The summed E-state index contributed by atoms with van der Waals surface area (Å²) in [4.78, 5) is 19.2. The van der Waals surface area contributed by atoms with Crippen LogP contribution in [0.4, 0.5) is 0 Å². The van der Waals surface area contributed by atoms with Crippen LogP contribution >= 0.6 is 22.9 Å². The number of amides is 1. The summed E-state index contributed by atoms with van der Waals surface area (Å²) in [5.41, 5.74) is 3.84. The lowest BCUT2D eigenvalue weighted by Gasteiger charge is -2.09. The minimum absolute atomic E-state index is 0.360. The van der Waals surface area contributed by atoms with Gasteiger partial charge in [-0.25, -0.2) is 0 Å². The summed E-state index contributed by atoms with van der Waals surface area (Å²) in [5.74, 6) is 0.105. The number of ether oxygens (including phenoxy) is 1. The molecule has 0 aliphatic rings. The Morgan fingerprint density at radius 1 is 1.18 bits per heavy atom. The van der Waals surface area contributed by atoms with Crippen LogP contribution in [0.2, 0.25) is 5.02 Å². The molecule has 0 bridgehead atoms. The molecule has 4 nitrogen and oxygen atoms in total. The van der Waals surface area contributed by atoms with Gasteiger partial charge < -0.3 is 9.30 Å². The second-order valence-electron chi connectivity index (χ2n) is 6.38. The van der Waals surface area contributed by atoms with Crippen LogP contribution in [0, 0.1) is 6.92 Å². The second kappa shape index (κ2) is 8.76. The molecule has 0 unspecified atom stereocenters. The Balaban J connectivity index is 2.16. The molecule has 0 N–H and O–H groups in total. The largest absolute Gasteiger partial charge is 0.496 e. The molecule has 146 valence electrons. The molecule has 1 aromatic heterocycles. The van der Waals surface area contributed by atoms with Crippen LogP contribution in [0.5, 0.6) is 5.75 Å². The molecule has 1 amide bonds. The Bertz CT molecular complexity index is 1070. The van der Waals surface area contributed by atoms with Crippen LogP contribution in [-0.2, 0) is 13.0 Å². The number of aromatic nitrogens is 1. The second-order valence-corrected chi connectivity index (χ2v) is 7.88. The molecule has 0 atom stereocenters. The molecule has 28 heavy (non-hydrogen) atoms. The fraction of sp³-hybridized carbons (Fsp3) is 0.273. The fourth-order valence-corrected chi connectivity index (χ4v) is 4.42. The summed E-state index contributed by atoms with van der Waals surface area (Å²) in [6.07, 6.45) is 0.873. The van der Waals surface area contributed by atoms with Gasteiger partial charge in [0, 0.05) is 16.4 Å². The molecule has 0 fully saturated rings. The third kappa shape index (κ3) is 4.05. The summed E-state index contributed by atoms with van der Waals surface area (Å²) in [5, 5.41) is 0.475. The van der Waals surface area contributed by atoms with Gasteiger partial charge in [-0.2, -0.15) is 4.99 Å². The van der Waals surface area contributed by atoms with Gasteiger partial charge in [-0.15, -0.1) is 11.3 Å². The van der Waals surface area contributed by atoms with Crippen molar-refractivity contribution in [2.45, 2.75) is 33.7 Å². The highest BCUT2D eigenvalue weighted by Gasteiger charge is 2.17. The van der Waals surface area contributed by atoms with Crippen LogP contribution in [0.25, 0.3) is 11.3 Å². The van der Waals surface area contributed by atoms with E-state index >= 15 is 0 Å². The third-order valence-electron chi connectivity index (χ3n) is 4.53. The van der Waals surface area contributed by atoms with E-state index < -0.39 is 0 Å². The standard InChI is InChI=1S/C22H23ClN2O2S/c1-5-19-20(15-9-7-14(3)8-10-15)25(6-2)22(28-19)24-21(26)17-13-16(23)11-12-18(17)27-4/h7-13H,5-6H2,1-4H3. The van der Waals surface area contributed by atoms with E-state index in [4.69, 9.17) is 16.3 Å². The number of aryl methyl sites for hydroxylation is 2. The third-order valence-corrected chi connectivity index (χ3v) is 5.99. The Hall–Kier alpha value is -2.37. The number of benzene rings is 2. The average Bonchev–Trinajstić information content (AvgIpc) is 3.05. The van der Waals surface area contributed by atoms with Crippen molar-refractivity contribution in [2.75, 3.05) is 7.11 Å². The van der Waals surface area contributed by atoms with Crippen LogP contribution < -0.4 is 9.54 Å². The topological polar surface area (TPSA) is 43.6 Å². The zero-order valence-electron chi connectivity index (χ0n) is 16.5. The molecule has 1 heterocycles. The highest BCUT2D eigenvalue weighted by atomic mass is 35.5. The Morgan fingerprint density at radius 2 is 1.89 bits per heavy atom. The van der Waals surface area contributed by atoms with Gasteiger partial charge in [0.1, 0.15) is 5.75 Å². The molecule has 0 saturated heterocycles. The number of hydrogen-bond donors (Lipinski definition) is 0. The van der Waals surface area contributed by atoms with Crippen molar-refractivity contribution >= 4 is 28.8 Å². The smallest absolute Gasteiger partial charge is 0.283 e. The highest BCUT2D eigenvalue weighted by molar-refractivity contribution is 7.09. The highest BCUT2D eigenvalue weighted by Crippen LogP contribution is 2.27. The van der Waals surface area contributed by atoms with Crippen molar-refractivity contribution in [3.05, 3.63) is 68.3 Å². The van der Waals surface area contributed by atoms with Crippen molar-refractivity contribution in [1.29, 1.82) is 0 Å². The number of carbonyl (C=O) groups is 1. The van der Waals surface area contributed by atoms with Crippen molar-refractivity contribution in [1.82, 2.24) is 4.57 Å². The Labute approximate surface area is 174 Å². The van der Waals surface area contributed by atoms with E-state index in [1.54, 1.807) is 29.5 Å². The van der Waals surface area contributed by atoms with E-state index in [0.717, 1.165) is 24.2 Å². The van der Waals surface area contributed by atoms with E-state index in [1.807, 2.05) is 0 Å². The summed E-state index contributed by atoms with van der Waals surface area (Å²) in [6, 6.07) is 13.4. The zero-order valence-corrected chi connectivity index (χ0v) is 18.0. The quantitative estimate of drug-likeness (QED) is 0.552. The first kappa shape index (κ1) is 20.4. The van der Waals surface area contributed by atoms with Gasteiger partial charge in [0.2, 0.25) is 0 Å². The SMILES string of the molecule is CCc1sc(=NC(=O)c2cc(Cl)ccc2OC)n(CC)c1-c1ccc(C)cc1. The fourth-order valence-electron chi connectivity index (χ4n) is 3.10. The van der Waals surface area contributed by atoms with E-state index in [1.165, 1.54) is 17.6 Å². The lowest BCUT2D eigenvalue weighted by Crippen LogP contribution is -2.17. The van der Waals surface area contributed by atoms with Gasteiger partial charge in [-0.1, -0.05) is 48.4 Å². The van der Waals surface area contributed by atoms with Gasteiger partial charge in [-0.3, -0.25) is 4.79 Å². The molecule has 2 aromatic carbocycles. The molecular formula is C22H23ClN2O2S. The van der Waals surface area contributed by atoms with Crippen molar-refractivity contribution in [2.24, 2.45) is 4.99 Å². The summed E-state index contributed by atoms with van der Waals surface area (Å²) < 4.78 is 7.40. The number of rotatable bonds is 5. The van der Waals surface area contributed by atoms with Gasteiger partial charge in [0.15, 0.2) is 4.80 Å². The first-order chi connectivity index (χ1) is 13.5. The van der Waals surface area contributed by atoms with Crippen molar-refractivity contribution in [3.8, 4) is 17.0 Å². The average molecular weight is 415 g/mol. The van der Waals surface area contributed by atoms with Gasteiger partial charge in [-0.05, 0) is 44.0 Å². The Morgan fingerprint density at radius 3 is 2.50 bits per heavy atom. The number of hydrogen-bond acceptors (Lipinski definition) is 3. The number of halogens is 1. The van der Waals surface area contributed by atoms with E-state index in [-0.39, 0.29) is 5.91 Å². The molecule has 0 aliphatic carbocycles. The zero-order chi connectivity index (χ0) is 20.3. The molecular weight excluding hydrogens is 392 g/mol. The maximum Gasteiger partial charge on any atom is 0.283 e. The van der Waals surface area contributed by atoms with Crippen LogP contribution in [0.3, 0.4) is 0 Å². The predicted molar refractivity (Wildman–Crippen MR) is 115 cm³/mol. The van der Waals surface area contributed by atoms with Gasteiger partial charge >= 0.3 is 0 Å².